The first-order valence-corrected chi connectivity index (χ1v) is 9.25. The summed E-state index contributed by atoms with van der Waals surface area (Å²) < 4.78 is 11.1. The molecule has 1 N–H and O–H groups in total. The summed E-state index contributed by atoms with van der Waals surface area (Å²) in [5.74, 6) is 1.18. The SMILES string of the molecule is CCCCOc1ccc(C(=O)NCCN(C(C)C)C(C)C)cc1OC. The van der Waals surface area contributed by atoms with Crippen LogP contribution in [0.4, 0.5) is 0 Å². The van der Waals surface area contributed by atoms with Gasteiger partial charge in [-0.25, -0.2) is 0 Å². The highest BCUT2D eigenvalue weighted by atomic mass is 16.5. The molecule has 0 radical (unpaired) electrons. The average molecular weight is 351 g/mol. The molecule has 1 aromatic carbocycles. The highest BCUT2D eigenvalue weighted by Gasteiger charge is 2.14. The minimum Gasteiger partial charge on any atom is -0.493 e. The number of rotatable bonds is 11. The number of nitrogens with one attached hydrogen (secondary N) is 1. The third-order valence-corrected chi connectivity index (χ3v) is 4.16. The van der Waals surface area contributed by atoms with E-state index >= 15 is 0 Å². The van der Waals surface area contributed by atoms with Gasteiger partial charge in [-0.1, -0.05) is 13.3 Å². The van der Waals surface area contributed by atoms with Gasteiger partial charge in [0.05, 0.1) is 13.7 Å². The molecule has 0 aliphatic carbocycles. The van der Waals surface area contributed by atoms with Crippen molar-refractivity contribution in [2.45, 2.75) is 59.5 Å². The highest BCUT2D eigenvalue weighted by Crippen LogP contribution is 2.28. The van der Waals surface area contributed by atoms with Gasteiger partial charge in [-0.2, -0.15) is 0 Å². The molecule has 0 aromatic heterocycles. The lowest BCUT2D eigenvalue weighted by Crippen LogP contribution is -2.42. The Hall–Kier alpha value is -1.75. The van der Waals surface area contributed by atoms with Gasteiger partial charge in [-0.3, -0.25) is 9.69 Å². The molecule has 25 heavy (non-hydrogen) atoms. The zero-order chi connectivity index (χ0) is 18.8. The van der Waals surface area contributed by atoms with Crippen LogP contribution in [0.15, 0.2) is 18.2 Å². The molecule has 0 aliphatic rings. The molecule has 0 fully saturated rings. The number of hydrogen-bond donors (Lipinski definition) is 1. The topological polar surface area (TPSA) is 50.8 Å². The molecule has 0 spiro atoms. The third kappa shape index (κ3) is 6.94. The predicted octanol–water partition coefficient (Wildman–Crippen LogP) is 3.72. The smallest absolute Gasteiger partial charge is 0.251 e. The van der Waals surface area contributed by atoms with Crippen LogP contribution in [-0.2, 0) is 0 Å². The maximum absolute atomic E-state index is 12.4. The van der Waals surface area contributed by atoms with Gasteiger partial charge in [0.15, 0.2) is 11.5 Å². The fourth-order valence-electron chi connectivity index (χ4n) is 2.77. The molecule has 0 bridgehead atoms. The summed E-state index contributed by atoms with van der Waals surface area (Å²) in [6, 6.07) is 6.23. The van der Waals surface area contributed by atoms with Crippen LogP contribution in [0.3, 0.4) is 0 Å². The van der Waals surface area contributed by atoms with Crippen LogP contribution in [-0.4, -0.2) is 49.7 Å². The molecular formula is C20H34N2O3. The second-order valence-corrected chi connectivity index (χ2v) is 6.75. The summed E-state index contributed by atoms with van der Waals surface area (Å²) in [5, 5.41) is 2.99. The summed E-state index contributed by atoms with van der Waals surface area (Å²) in [4.78, 5) is 14.7. The second-order valence-electron chi connectivity index (χ2n) is 6.75. The third-order valence-electron chi connectivity index (χ3n) is 4.16. The van der Waals surface area contributed by atoms with Crippen molar-refractivity contribution in [3.63, 3.8) is 0 Å². The van der Waals surface area contributed by atoms with Crippen molar-refractivity contribution < 1.29 is 14.3 Å². The normalized spacial score (nSPS) is 11.2. The van der Waals surface area contributed by atoms with Crippen LogP contribution < -0.4 is 14.8 Å². The van der Waals surface area contributed by atoms with Gasteiger partial charge in [0.1, 0.15) is 0 Å². The van der Waals surface area contributed by atoms with Crippen molar-refractivity contribution in [1.82, 2.24) is 10.2 Å². The number of hydrogen-bond acceptors (Lipinski definition) is 4. The largest absolute Gasteiger partial charge is 0.493 e. The van der Waals surface area contributed by atoms with Gasteiger partial charge in [0, 0.05) is 30.7 Å². The van der Waals surface area contributed by atoms with Crippen LogP contribution in [0.25, 0.3) is 0 Å². The van der Waals surface area contributed by atoms with Gasteiger partial charge in [-0.05, 0) is 52.3 Å². The van der Waals surface area contributed by atoms with Crippen molar-refractivity contribution in [1.29, 1.82) is 0 Å². The molecule has 0 atom stereocenters. The summed E-state index contributed by atoms with van der Waals surface area (Å²) in [5.41, 5.74) is 0.584. The summed E-state index contributed by atoms with van der Waals surface area (Å²) in [7, 11) is 1.59. The molecular weight excluding hydrogens is 316 g/mol. The van der Waals surface area contributed by atoms with E-state index in [4.69, 9.17) is 9.47 Å². The van der Waals surface area contributed by atoms with Crippen molar-refractivity contribution >= 4 is 5.91 Å². The Morgan fingerprint density at radius 3 is 2.40 bits per heavy atom. The minimum absolute atomic E-state index is 0.0918. The Morgan fingerprint density at radius 2 is 1.84 bits per heavy atom. The lowest BCUT2D eigenvalue weighted by molar-refractivity contribution is 0.0939. The number of ether oxygens (including phenoxy) is 2. The fourth-order valence-corrected chi connectivity index (χ4v) is 2.77. The number of amides is 1. The maximum atomic E-state index is 12.4. The van der Waals surface area contributed by atoms with Crippen molar-refractivity contribution in [3.8, 4) is 11.5 Å². The van der Waals surface area contributed by atoms with E-state index in [1.807, 2.05) is 0 Å². The molecule has 1 rings (SSSR count). The van der Waals surface area contributed by atoms with E-state index < -0.39 is 0 Å². The van der Waals surface area contributed by atoms with Crippen LogP contribution in [0.5, 0.6) is 11.5 Å². The van der Waals surface area contributed by atoms with Crippen LogP contribution >= 0.6 is 0 Å². The van der Waals surface area contributed by atoms with Crippen molar-refractivity contribution in [2.75, 3.05) is 26.8 Å². The summed E-state index contributed by atoms with van der Waals surface area (Å²) in [6.07, 6.45) is 2.07. The molecule has 0 aliphatic heterocycles. The number of benzene rings is 1. The number of unbranched alkanes of at least 4 members (excludes halogenated alkanes) is 1. The van der Waals surface area contributed by atoms with Gasteiger partial charge in [-0.15, -0.1) is 0 Å². The standard InChI is InChI=1S/C20H34N2O3/c1-7-8-13-25-18-10-9-17(14-19(18)24-6)20(23)21-11-12-22(15(2)3)16(4)5/h9-10,14-16H,7-8,11-13H2,1-6H3,(H,21,23). The Balaban J connectivity index is 2.63. The average Bonchev–Trinajstić information content (AvgIpc) is 2.58. The van der Waals surface area contributed by atoms with E-state index in [1.54, 1.807) is 25.3 Å². The Labute approximate surface area is 152 Å². The van der Waals surface area contributed by atoms with E-state index in [0.29, 0.717) is 42.3 Å². The van der Waals surface area contributed by atoms with Gasteiger partial charge < -0.3 is 14.8 Å². The molecule has 0 unspecified atom stereocenters. The first-order chi connectivity index (χ1) is 11.9. The van der Waals surface area contributed by atoms with Gasteiger partial charge >= 0.3 is 0 Å². The first-order valence-electron chi connectivity index (χ1n) is 9.25. The monoisotopic (exact) mass is 350 g/mol. The van der Waals surface area contributed by atoms with Crippen molar-refractivity contribution in [3.05, 3.63) is 23.8 Å². The van der Waals surface area contributed by atoms with Crippen LogP contribution in [0.2, 0.25) is 0 Å². The predicted molar refractivity (Wildman–Crippen MR) is 103 cm³/mol. The van der Waals surface area contributed by atoms with E-state index in [-0.39, 0.29) is 5.91 Å². The Kier molecular flexibility index (Phi) is 9.35. The first kappa shape index (κ1) is 21.3. The molecule has 0 saturated heterocycles. The van der Waals surface area contributed by atoms with Gasteiger partial charge in [0.2, 0.25) is 0 Å². The van der Waals surface area contributed by atoms with E-state index in [1.165, 1.54) is 0 Å². The Bertz CT molecular complexity index is 522. The molecule has 0 heterocycles. The maximum Gasteiger partial charge on any atom is 0.251 e. The molecule has 1 amide bonds. The minimum atomic E-state index is -0.0918. The molecule has 1 aromatic rings. The molecule has 5 heteroatoms. The zero-order valence-corrected chi connectivity index (χ0v) is 16.6. The summed E-state index contributed by atoms with van der Waals surface area (Å²) >= 11 is 0. The van der Waals surface area contributed by atoms with Crippen LogP contribution in [0, 0.1) is 0 Å². The van der Waals surface area contributed by atoms with Crippen LogP contribution in [0.1, 0.15) is 57.8 Å². The highest BCUT2D eigenvalue weighted by molar-refractivity contribution is 5.94. The number of carbonyl (C=O) groups is 1. The Morgan fingerprint density at radius 1 is 1.16 bits per heavy atom. The molecule has 142 valence electrons. The number of carbonyl (C=O) groups excluding carboxylic acids is 1. The lowest BCUT2D eigenvalue weighted by Gasteiger charge is -2.30. The molecule has 0 saturated carbocycles. The number of methoxy groups -OCH3 is 1. The van der Waals surface area contributed by atoms with E-state index in [2.05, 4.69) is 44.8 Å². The lowest BCUT2D eigenvalue weighted by atomic mass is 10.2. The molecule has 5 nitrogen and oxygen atoms in total. The van der Waals surface area contributed by atoms with E-state index in [0.717, 1.165) is 19.4 Å². The van der Waals surface area contributed by atoms with Crippen molar-refractivity contribution in [2.24, 2.45) is 0 Å². The second kappa shape index (κ2) is 11.0. The van der Waals surface area contributed by atoms with Gasteiger partial charge in [0.25, 0.3) is 5.91 Å². The zero-order valence-electron chi connectivity index (χ0n) is 16.6. The number of nitrogens with zero attached hydrogens (tertiary/aromatic N) is 1. The summed E-state index contributed by atoms with van der Waals surface area (Å²) in [6.45, 7) is 12.9. The quantitative estimate of drug-likeness (QED) is 0.618. The fraction of sp³-hybridized carbons (Fsp3) is 0.650. The van der Waals surface area contributed by atoms with E-state index in [9.17, 15) is 4.79 Å².